The number of nitrogens with zero attached hydrogens (tertiary/aromatic N) is 1. The predicted octanol–water partition coefficient (Wildman–Crippen LogP) is 6.55. The molecule has 0 bridgehead atoms. The van der Waals surface area contributed by atoms with E-state index in [9.17, 15) is 13.2 Å². The van der Waals surface area contributed by atoms with Crippen molar-refractivity contribution in [2.75, 3.05) is 0 Å². The molecule has 0 radical (unpaired) electrons. The summed E-state index contributed by atoms with van der Waals surface area (Å²) in [7, 11) is -3.87. The van der Waals surface area contributed by atoms with Crippen LogP contribution in [0.5, 0.6) is 0 Å². The van der Waals surface area contributed by atoms with Gasteiger partial charge >= 0.3 is 0 Å². The summed E-state index contributed by atoms with van der Waals surface area (Å²) in [6, 6.07) is 24.0. The molecule has 3 aromatic carbocycles. The van der Waals surface area contributed by atoms with Crippen molar-refractivity contribution >= 4 is 26.7 Å². The van der Waals surface area contributed by atoms with Gasteiger partial charge in [0.1, 0.15) is 11.5 Å². The second-order valence-corrected chi connectivity index (χ2v) is 10.5. The van der Waals surface area contributed by atoms with Crippen LogP contribution in [0.4, 0.5) is 0 Å². The van der Waals surface area contributed by atoms with Gasteiger partial charge in [-0.3, -0.25) is 4.79 Å². The number of hydrogen-bond acceptors (Lipinski definition) is 4. The smallest absolute Gasteiger partial charge is 0.268 e. The highest BCUT2D eigenvalue weighted by Gasteiger charge is 2.28. The molecule has 0 aliphatic rings. The first kappa shape index (κ1) is 22.9. The van der Waals surface area contributed by atoms with Gasteiger partial charge in [0.2, 0.25) is 0 Å². The normalized spacial score (nSPS) is 11.7. The zero-order valence-corrected chi connectivity index (χ0v) is 20.6. The number of rotatable bonds is 6. The van der Waals surface area contributed by atoms with E-state index in [1.54, 1.807) is 43.5 Å². The highest BCUT2D eigenvalue weighted by Crippen LogP contribution is 2.40. The number of carbonyl (C=O) groups excluding carboxylic acids is 1. The summed E-state index contributed by atoms with van der Waals surface area (Å²) >= 11 is 0. The summed E-state index contributed by atoms with van der Waals surface area (Å²) in [6.45, 7) is 5.20. The molecule has 5 aromatic rings. The molecule has 6 heteroatoms. The third-order valence-electron chi connectivity index (χ3n) is 6.24. The number of ketones is 1. The minimum Gasteiger partial charge on any atom is -0.465 e. The fourth-order valence-electron chi connectivity index (χ4n) is 4.59. The molecule has 0 saturated carbocycles. The first-order valence-corrected chi connectivity index (χ1v) is 12.8. The Hall–Kier alpha value is -3.90. The van der Waals surface area contributed by atoms with Gasteiger partial charge in [0.05, 0.1) is 16.0 Å². The predicted molar refractivity (Wildman–Crippen MR) is 137 cm³/mol. The molecule has 35 heavy (non-hydrogen) atoms. The van der Waals surface area contributed by atoms with E-state index in [2.05, 4.69) is 0 Å². The third kappa shape index (κ3) is 4.00. The summed E-state index contributed by atoms with van der Waals surface area (Å²) in [5.74, 6) is 1.03. The number of benzene rings is 3. The lowest BCUT2D eigenvalue weighted by Crippen LogP contribution is -2.11. The van der Waals surface area contributed by atoms with Gasteiger partial charge in [-0.05, 0) is 44.5 Å². The van der Waals surface area contributed by atoms with E-state index in [4.69, 9.17) is 4.42 Å². The summed E-state index contributed by atoms with van der Waals surface area (Å²) < 4.78 is 34.8. The van der Waals surface area contributed by atoms with Gasteiger partial charge in [-0.1, -0.05) is 66.2 Å². The first-order chi connectivity index (χ1) is 16.8. The number of para-hydroxylation sites is 1. The third-order valence-corrected chi connectivity index (χ3v) is 7.93. The van der Waals surface area contributed by atoms with Gasteiger partial charge in [-0.25, -0.2) is 12.4 Å². The number of aryl methyl sites for hydroxylation is 2. The SMILES string of the molecule is CC(=O)c1c(C)oc(Cc2ccccc2)c1-c1cn(S(=O)(=O)c2ccc(C)cc2)c2ccccc12. The van der Waals surface area contributed by atoms with Crippen molar-refractivity contribution in [3.05, 3.63) is 113 Å². The Bertz CT molecular complexity index is 1660. The van der Waals surface area contributed by atoms with E-state index >= 15 is 0 Å². The molecule has 0 spiro atoms. The van der Waals surface area contributed by atoms with Crippen LogP contribution in [0.2, 0.25) is 0 Å². The summed E-state index contributed by atoms with van der Waals surface area (Å²) in [5, 5.41) is 0.737. The van der Waals surface area contributed by atoms with Crippen molar-refractivity contribution in [1.29, 1.82) is 0 Å². The Labute approximate surface area is 204 Å². The molecule has 176 valence electrons. The highest BCUT2D eigenvalue weighted by molar-refractivity contribution is 7.90. The van der Waals surface area contributed by atoms with Gasteiger partial charge < -0.3 is 4.42 Å². The maximum atomic E-state index is 13.7. The first-order valence-electron chi connectivity index (χ1n) is 11.4. The standard InChI is InChI=1S/C29H25NO4S/c1-19-13-15-23(16-14-19)35(32,33)30-18-25(24-11-7-8-12-26(24)30)29-27(17-22-9-5-4-6-10-22)34-21(3)28(29)20(2)31/h4-16,18H,17H2,1-3H3. The monoisotopic (exact) mass is 483 g/mol. The minimum atomic E-state index is -3.87. The van der Waals surface area contributed by atoms with Crippen LogP contribution in [-0.4, -0.2) is 18.2 Å². The fourth-order valence-corrected chi connectivity index (χ4v) is 5.96. The van der Waals surface area contributed by atoms with Gasteiger partial charge in [-0.15, -0.1) is 0 Å². The summed E-state index contributed by atoms with van der Waals surface area (Å²) in [4.78, 5) is 12.9. The van der Waals surface area contributed by atoms with E-state index in [1.165, 1.54) is 10.9 Å². The Balaban J connectivity index is 1.78. The van der Waals surface area contributed by atoms with Crippen LogP contribution in [0.3, 0.4) is 0 Å². The van der Waals surface area contributed by atoms with Crippen molar-refractivity contribution in [2.45, 2.75) is 32.1 Å². The highest BCUT2D eigenvalue weighted by atomic mass is 32.2. The summed E-state index contributed by atoms with van der Waals surface area (Å²) in [5.41, 5.74) is 4.34. The second kappa shape index (κ2) is 8.71. The van der Waals surface area contributed by atoms with E-state index in [-0.39, 0.29) is 10.7 Å². The molecule has 2 heterocycles. The number of carbonyl (C=O) groups is 1. The second-order valence-electron chi connectivity index (χ2n) is 8.72. The maximum Gasteiger partial charge on any atom is 0.268 e. The summed E-state index contributed by atoms with van der Waals surface area (Å²) in [6.07, 6.45) is 2.10. The molecule has 0 saturated heterocycles. The number of hydrogen-bond donors (Lipinski definition) is 0. The van der Waals surface area contributed by atoms with Crippen LogP contribution >= 0.6 is 0 Å². The van der Waals surface area contributed by atoms with Crippen molar-refractivity contribution < 1.29 is 17.6 Å². The topological polar surface area (TPSA) is 69.3 Å². The minimum absolute atomic E-state index is 0.126. The van der Waals surface area contributed by atoms with Crippen molar-refractivity contribution in [3.63, 3.8) is 0 Å². The fraction of sp³-hybridized carbons (Fsp3) is 0.138. The van der Waals surface area contributed by atoms with Crippen molar-refractivity contribution in [3.8, 4) is 11.1 Å². The largest absolute Gasteiger partial charge is 0.465 e. The number of furan rings is 1. The van der Waals surface area contributed by atoms with E-state index in [1.807, 2.05) is 55.5 Å². The Morgan fingerprint density at radius 2 is 1.54 bits per heavy atom. The van der Waals surface area contributed by atoms with Gasteiger partial charge in [0.25, 0.3) is 10.0 Å². The molecule has 0 atom stereocenters. The molecular weight excluding hydrogens is 458 g/mol. The molecule has 0 aliphatic carbocycles. The van der Waals surface area contributed by atoms with Gasteiger partial charge in [-0.2, -0.15) is 0 Å². The molecule has 2 aromatic heterocycles. The number of aromatic nitrogens is 1. The molecule has 0 aliphatic heterocycles. The van der Waals surface area contributed by atoms with E-state index in [0.29, 0.717) is 40.1 Å². The molecule has 5 nitrogen and oxygen atoms in total. The van der Waals surface area contributed by atoms with Crippen molar-refractivity contribution in [1.82, 2.24) is 3.97 Å². The average Bonchev–Trinajstić information content (AvgIpc) is 3.38. The molecular formula is C29H25NO4S. The van der Waals surface area contributed by atoms with Crippen LogP contribution in [0.15, 0.2) is 94.4 Å². The quantitative estimate of drug-likeness (QED) is 0.257. The van der Waals surface area contributed by atoms with Crippen LogP contribution in [0, 0.1) is 13.8 Å². The van der Waals surface area contributed by atoms with Crippen molar-refractivity contribution in [2.24, 2.45) is 0 Å². The van der Waals surface area contributed by atoms with Crippen LogP contribution in [0.25, 0.3) is 22.0 Å². The van der Waals surface area contributed by atoms with Gasteiger partial charge in [0, 0.05) is 29.1 Å². The zero-order valence-electron chi connectivity index (χ0n) is 19.8. The van der Waals surface area contributed by atoms with Gasteiger partial charge in [0.15, 0.2) is 5.78 Å². The molecule has 0 N–H and O–H groups in total. The number of Topliss-reactive ketones (excluding diaryl/α,β-unsaturated/α-hetero) is 1. The molecule has 0 unspecified atom stereocenters. The maximum absolute atomic E-state index is 13.7. The Kier molecular flexibility index (Phi) is 5.69. The number of fused-ring (bicyclic) bond motifs is 1. The van der Waals surface area contributed by atoms with Crippen LogP contribution in [-0.2, 0) is 16.4 Å². The Morgan fingerprint density at radius 3 is 2.23 bits per heavy atom. The van der Waals surface area contributed by atoms with E-state index < -0.39 is 10.0 Å². The lowest BCUT2D eigenvalue weighted by Gasteiger charge is -2.08. The van der Waals surface area contributed by atoms with Crippen LogP contribution in [0.1, 0.15) is 39.9 Å². The zero-order chi connectivity index (χ0) is 24.7. The Morgan fingerprint density at radius 1 is 0.886 bits per heavy atom. The van der Waals surface area contributed by atoms with E-state index in [0.717, 1.165) is 16.5 Å². The lowest BCUT2D eigenvalue weighted by molar-refractivity contribution is 0.101. The molecule has 0 amide bonds. The lowest BCUT2D eigenvalue weighted by atomic mass is 9.95. The molecule has 5 rings (SSSR count). The molecule has 0 fully saturated rings. The van der Waals surface area contributed by atoms with Crippen LogP contribution < -0.4 is 0 Å². The average molecular weight is 484 g/mol.